The molecule has 19 heavy (non-hydrogen) atoms. The highest BCUT2D eigenvalue weighted by atomic mass is 16.5. The van der Waals surface area contributed by atoms with Crippen LogP contribution in [0.4, 0.5) is 0 Å². The molecule has 0 fully saturated rings. The van der Waals surface area contributed by atoms with Crippen molar-refractivity contribution in [3.05, 3.63) is 32.6 Å². The van der Waals surface area contributed by atoms with Crippen LogP contribution in [-0.2, 0) is 16.1 Å². The molecule has 0 unspecified atom stereocenters. The van der Waals surface area contributed by atoms with Crippen LogP contribution in [0.15, 0.2) is 15.8 Å². The molecule has 7 nitrogen and oxygen atoms in total. The lowest BCUT2D eigenvalue weighted by atomic mass is 10.3. The van der Waals surface area contributed by atoms with Gasteiger partial charge in [-0.05, 0) is 20.8 Å². The molecule has 0 amide bonds. The number of rotatable bonds is 4. The Morgan fingerprint density at radius 2 is 2.11 bits per heavy atom. The van der Waals surface area contributed by atoms with E-state index in [0.717, 1.165) is 4.57 Å². The maximum atomic E-state index is 12.0. The summed E-state index contributed by atoms with van der Waals surface area (Å²) in [6.07, 6.45) is 1.21. The van der Waals surface area contributed by atoms with Crippen LogP contribution in [0.2, 0.25) is 0 Å². The van der Waals surface area contributed by atoms with E-state index in [1.165, 1.54) is 10.8 Å². The fourth-order valence-corrected chi connectivity index (χ4v) is 1.54. The van der Waals surface area contributed by atoms with Gasteiger partial charge in [0, 0.05) is 12.2 Å². The second-order valence-electron chi connectivity index (χ2n) is 4.13. The van der Waals surface area contributed by atoms with E-state index in [2.05, 4.69) is 0 Å². The van der Waals surface area contributed by atoms with Crippen molar-refractivity contribution in [1.82, 2.24) is 9.13 Å². The van der Waals surface area contributed by atoms with Gasteiger partial charge in [0.25, 0.3) is 5.56 Å². The topological polar surface area (TPSA) is 94.1 Å². The third kappa shape index (κ3) is 3.10. The Morgan fingerprint density at radius 3 is 2.58 bits per heavy atom. The van der Waals surface area contributed by atoms with Crippen LogP contribution < -0.4 is 11.2 Å². The van der Waals surface area contributed by atoms with Crippen molar-refractivity contribution in [2.75, 3.05) is 6.61 Å². The molecule has 0 aliphatic heterocycles. The molecule has 0 saturated carbocycles. The maximum Gasteiger partial charge on any atom is 0.331 e. The Morgan fingerprint density at radius 1 is 1.47 bits per heavy atom. The first-order valence-corrected chi connectivity index (χ1v) is 5.84. The van der Waals surface area contributed by atoms with Crippen molar-refractivity contribution in [1.29, 1.82) is 5.26 Å². The quantitative estimate of drug-likeness (QED) is 0.716. The van der Waals surface area contributed by atoms with Crippen LogP contribution in [0.3, 0.4) is 0 Å². The number of carbonyl (C=O) groups excluding carboxylic acids is 1. The fraction of sp³-hybridized carbons (Fsp3) is 0.500. The first-order valence-electron chi connectivity index (χ1n) is 5.84. The summed E-state index contributed by atoms with van der Waals surface area (Å²) in [7, 11) is 0. The summed E-state index contributed by atoms with van der Waals surface area (Å²) >= 11 is 0. The van der Waals surface area contributed by atoms with Gasteiger partial charge in [-0.15, -0.1) is 0 Å². The number of carbonyl (C=O) groups is 1. The van der Waals surface area contributed by atoms with Gasteiger partial charge < -0.3 is 4.74 Å². The number of aromatic nitrogens is 2. The minimum Gasteiger partial charge on any atom is -0.465 e. The summed E-state index contributed by atoms with van der Waals surface area (Å²) in [6, 6.07) is 1.49. The van der Waals surface area contributed by atoms with E-state index in [0.29, 0.717) is 0 Å². The Bertz CT molecular complexity index is 634. The summed E-state index contributed by atoms with van der Waals surface area (Å²) in [5.74, 6) is -0.688. The minimum absolute atomic E-state index is 0.157. The van der Waals surface area contributed by atoms with Gasteiger partial charge in [-0.2, -0.15) is 5.26 Å². The molecule has 1 aromatic rings. The second kappa shape index (κ2) is 6.00. The van der Waals surface area contributed by atoms with Gasteiger partial charge in [-0.25, -0.2) is 9.36 Å². The van der Waals surface area contributed by atoms with E-state index >= 15 is 0 Å². The lowest BCUT2D eigenvalue weighted by molar-refractivity contribution is -0.143. The van der Waals surface area contributed by atoms with Crippen molar-refractivity contribution in [3.8, 4) is 6.07 Å². The molecule has 0 spiro atoms. The highest BCUT2D eigenvalue weighted by Crippen LogP contribution is 1.99. The largest absolute Gasteiger partial charge is 0.465 e. The fourth-order valence-electron chi connectivity index (χ4n) is 1.54. The summed E-state index contributed by atoms with van der Waals surface area (Å²) in [5.41, 5.74) is -1.60. The zero-order chi connectivity index (χ0) is 14.6. The van der Waals surface area contributed by atoms with Crippen LogP contribution >= 0.6 is 0 Å². The Labute approximate surface area is 109 Å². The van der Waals surface area contributed by atoms with Gasteiger partial charge in [0.2, 0.25) is 0 Å². The van der Waals surface area contributed by atoms with Crippen molar-refractivity contribution in [2.45, 2.75) is 33.4 Å². The van der Waals surface area contributed by atoms with E-state index in [4.69, 9.17) is 10.00 Å². The molecule has 0 saturated heterocycles. The molecule has 0 N–H and O–H groups in total. The van der Waals surface area contributed by atoms with Crippen LogP contribution in [0.1, 0.15) is 32.4 Å². The number of nitrogens with zero attached hydrogens (tertiary/aromatic N) is 3. The summed E-state index contributed by atoms with van der Waals surface area (Å²) < 4.78 is 6.65. The molecule has 0 atom stereocenters. The van der Waals surface area contributed by atoms with Crippen molar-refractivity contribution < 1.29 is 9.53 Å². The third-order valence-corrected chi connectivity index (χ3v) is 2.46. The predicted octanol–water partition coefficient (Wildman–Crippen LogP) is 0.0257. The molecule has 0 bridgehead atoms. The molecule has 0 aromatic carbocycles. The number of hydrogen-bond donors (Lipinski definition) is 0. The maximum absolute atomic E-state index is 12.0. The van der Waals surface area contributed by atoms with E-state index in [1.807, 2.05) is 0 Å². The molecule has 1 heterocycles. The van der Waals surface area contributed by atoms with Crippen LogP contribution in [0.25, 0.3) is 0 Å². The Kier molecular flexibility index (Phi) is 4.64. The smallest absolute Gasteiger partial charge is 0.331 e. The monoisotopic (exact) mass is 265 g/mol. The highest BCUT2D eigenvalue weighted by molar-refractivity contribution is 5.69. The lowest BCUT2D eigenvalue weighted by Gasteiger charge is -2.13. The molecule has 102 valence electrons. The minimum atomic E-state index is -0.780. The zero-order valence-corrected chi connectivity index (χ0v) is 11.0. The van der Waals surface area contributed by atoms with Crippen molar-refractivity contribution >= 4 is 5.97 Å². The lowest BCUT2D eigenvalue weighted by Crippen LogP contribution is -2.43. The Balaban J connectivity index is 3.42. The normalized spacial score (nSPS) is 10.3. The number of hydrogen-bond acceptors (Lipinski definition) is 5. The van der Waals surface area contributed by atoms with Gasteiger partial charge in [0.15, 0.2) is 0 Å². The molecular weight excluding hydrogens is 250 g/mol. The molecule has 1 rings (SSSR count). The van der Waals surface area contributed by atoms with E-state index in [9.17, 15) is 14.4 Å². The van der Waals surface area contributed by atoms with Gasteiger partial charge in [0.05, 0.1) is 6.61 Å². The zero-order valence-electron chi connectivity index (χ0n) is 11.0. The van der Waals surface area contributed by atoms with E-state index in [-0.39, 0.29) is 18.2 Å². The molecule has 7 heteroatoms. The summed E-state index contributed by atoms with van der Waals surface area (Å²) in [4.78, 5) is 35.3. The average molecular weight is 265 g/mol. The van der Waals surface area contributed by atoms with Crippen LogP contribution in [-0.4, -0.2) is 21.7 Å². The Hall–Kier alpha value is -2.36. The molecule has 1 aromatic heterocycles. The van der Waals surface area contributed by atoms with Gasteiger partial charge >= 0.3 is 11.7 Å². The highest BCUT2D eigenvalue weighted by Gasteiger charge is 2.15. The average Bonchev–Trinajstić information content (AvgIpc) is 2.34. The molecular formula is C12H15N3O4. The number of nitriles is 1. The van der Waals surface area contributed by atoms with Crippen molar-refractivity contribution in [2.24, 2.45) is 0 Å². The SMILES string of the molecule is CCOC(=O)Cn1c(=O)c(C#N)cn(C(C)C)c1=O. The van der Waals surface area contributed by atoms with Crippen molar-refractivity contribution in [3.63, 3.8) is 0 Å². The number of esters is 1. The van der Waals surface area contributed by atoms with Crippen LogP contribution in [0.5, 0.6) is 0 Å². The first-order chi connectivity index (χ1) is 8.92. The summed E-state index contributed by atoms with van der Waals surface area (Å²) in [5, 5.41) is 8.88. The summed E-state index contributed by atoms with van der Waals surface area (Å²) in [6.45, 7) is 4.76. The number of ether oxygens (including phenoxy) is 1. The molecule has 0 aliphatic carbocycles. The van der Waals surface area contributed by atoms with E-state index < -0.39 is 23.8 Å². The molecule has 0 aliphatic rings. The second-order valence-corrected chi connectivity index (χ2v) is 4.13. The third-order valence-electron chi connectivity index (χ3n) is 2.46. The first kappa shape index (κ1) is 14.7. The predicted molar refractivity (Wildman–Crippen MR) is 66.7 cm³/mol. The van der Waals surface area contributed by atoms with Crippen LogP contribution in [0, 0.1) is 11.3 Å². The standard InChI is InChI=1S/C12H15N3O4/c1-4-19-10(16)7-15-11(17)9(5-13)6-14(8(2)3)12(15)18/h6,8H,4,7H2,1-3H3. The molecule has 0 radical (unpaired) electrons. The van der Waals surface area contributed by atoms with Gasteiger partial charge in [-0.1, -0.05) is 0 Å². The van der Waals surface area contributed by atoms with Gasteiger partial charge in [0.1, 0.15) is 18.2 Å². The van der Waals surface area contributed by atoms with Gasteiger partial charge in [-0.3, -0.25) is 14.2 Å². The van der Waals surface area contributed by atoms with E-state index in [1.54, 1.807) is 26.8 Å².